The molecule has 0 spiro atoms. The highest BCUT2D eigenvalue weighted by atomic mass is 16.5. The third kappa shape index (κ3) is 5.30. The van der Waals surface area contributed by atoms with E-state index in [1.54, 1.807) is 6.33 Å². The van der Waals surface area contributed by atoms with Crippen molar-refractivity contribution in [2.75, 3.05) is 69.0 Å². The Kier molecular flexibility index (Phi) is 6.03. The summed E-state index contributed by atoms with van der Waals surface area (Å²) in [6.07, 6.45) is 1.58. The number of nitrogens with one attached hydrogen (secondary N) is 2. The Morgan fingerprint density at radius 1 is 1.12 bits per heavy atom. The lowest BCUT2D eigenvalue weighted by Gasteiger charge is -2.26. The number of benzene rings is 1. The van der Waals surface area contributed by atoms with Crippen LogP contribution in [0.15, 0.2) is 36.7 Å². The zero-order chi connectivity index (χ0) is 17.5. The van der Waals surface area contributed by atoms with Crippen LogP contribution in [0.3, 0.4) is 0 Å². The number of ether oxygens (including phenoxy) is 1. The van der Waals surface area contributed by atoms with Crippen LogP contribution in [0, 0.1) is 0 Å². The van der Waals surface area contributed by atoms with Crippen molar-refractivity contribution in [2.24, 2.45) is 0 Å². The average Bonchev–Trinajstić information content (AvgIpc) is 2.63. The fraction of sp³-hybridized carbons (Fsp3) is 0.444. The van der Waals surface area contributed by atoms with Gasteiger partial charge in [-0.15, -0.1) is 0 Å². The summed E-state index contributed by atoms with van der Waals surface area (Å²) < 4.78 is 5.37. The van der Waals surface area contributed by atoms with Gasteiger partial charge in [0.1, 0.15) is 18.0 Å². The van der Waals surface area contributed by atoms with E-state index in [0.29, 0.717) is 0 Å². The first-order valence-electron chi connectivity index (χ1n) is 8.61. The molecule has 0 aliphatic carbocycles. The van der Waals surface area contributed by atoms with Crippen molar-refractivity contribution in [3.63, 3.8) is 0 Å². The minimum Gasteiger partial charge on any atom is -0.379 e. The molecule has 0 atom stereocenters. The number of rotatable bonds is 7. The maximum Gasteiger partial charge on any atom is 0.135 e. The van der Waals surface area contributed by atoms with Gasteiger partial charge < -0.3 is 20.3 Å². The van der Waals surface area contributed by atoms with Crippen molar-refractivity contribution >= 4 is 23.0 Å². The predicted molar refractivity (Wildman–Crippen MR) is 102 cm³/mol. The molecule has 1 aromatic carbocycles. The second-order valence-corrected chi connectivity index (χ2v) is 6.24. The van der Waals surface area contributed by atoms with E-state index < -0.39 is 0 Å². The highest BCUT2D eigenvalue weighted by molar-refractivity contribution is 5.64. The van der Waals surface area contributed by atoms with E-state index >= 15 is 0 Å². The van der Waals surface area contributed by atoms with Crippen LogP contribution in [0.5, 0.6) is 0 Å². The number of anilines is 4. The molecule has 1 aromatic heterocycles. The number of hydrogen-bond acceptors (Lipinski definition) is 7. The van der Waals surface area contributed by atoms with Crippen LogP contribution in [0.1, 0.15) is 0 Å². The van der Waals surface area contributed by atoms with Gasteiger partial charge in [-0.3, -0.25) is 4.90 Å². The van der Waals surface area contributed by atoms with E-state index in [0.717, 1.165) is 62.4 Å². The van der Waals surface area contributed by atoms with Gasteiger partial charge in [0, 0.05) is 57.7 Å². The van der Waals surface area contributed by atoms with Crippen LogP contribution < -0.4 is 15.5 Å². The summed E-state index contributed by atoms with van der Waals surface area (Å²) in [5.41, 5.74) is 2.15. The zero-order valence-corrected chi connectivity index (χ0v) is 14.9. The van der Waals surface area contributed by atoms with Crippen molar-refractivity contribution in [2.45, 2.75) is 0 Å². The molecule has 0 saturated carbocycles. The van der Waals surface area contributed by atoms with Crippen molar-refractivity contribution in [3.8, 4) is 0 Å². The Morgan fingerprint density at radius 3 is 2.72 bits per heavy atom. The van der Waals surface area contributed by atoms with Gasteiger partial charge in [0.15, 0.2) is 0 Å². The van der Waals surface area contributed by atoms with Crippen molar-refractivity contribution in [1.29, 1.82) is 0 Å². The molecule has 7 nitrogen and oxygen atoms in total. The molecule has 1 saturated heterocycles. The van der Waals surface area contributed by atoms with Crippen molar-refractivity contribution < 1.29 is 4.74 Å². The molecule has 1 aliphatic heterocycles. The van der Waals surface area contributed by atoms with Crippen molar-refractivity contribution in [3.05, 3.63) is 36.7 Å². The molecule has 2 N–H and O–H groups in total. The number of nitrogens with zero attached hydrogens (tertiary/aromatic N) is 4. The van der Waals surface area contributed by atoms with Gasteiger partial charge in [-0.05, 0) is 18.2 Å². The van der Waals surface area contributed by atoms with Crippen molar-refractivity contribution in [1.82, 2.24) is 14.9 Å². The molecule has 2 heterocycles. The van der Waals surface area contributed by atoms with E-state index in [-0.39, 0.29) is 0 Å². The smallest absolute Gasteiger partial charge is 0.135 e. The molecule has 2 aromatic rings. The first-order chi connectivity index (χ1) is 12.2. The zero-order valence-electron chi connectivity index (χ0n) is 14.9. The van der Waals surface area contributed by atoms with Crippen LogP contribution in [-0.2, 0) is 4.74 Å². The molecule has 3 rings (SSSR count). The van der Waals surface area contributed by atoms with Crippen LogP contribution in [0.25, 0.3) is 0 Å². The lowest BCUT2D eigenvalue weighted by atomic mass is 10.2. The topological polar surface area (TPSA) is 65.5 Å². The highest BCUT2D eigenvalue weighted by Gasteiger charge is 2.09. The number of aromatic nitrogens is 2. The van der Waals surface area contributed by atoms with E-state index in [1.165, 1.54) is 0 Å². The summed E-state index contributed by atoms with van der Waals surface area (Å²) in [6, 6.07) is 10.2. The quantitative estimate of drug-likeness (QED) is 0.798. The maximum absolute atomic E-state index is 5.37. The van der Waals surface area contributed by atoms with Crippen LogP contribution in [-0.4, -0.2) is 68.4 Å². The van der Waals surface area contributed by atoms with Crippen LogP contribution in [0.2, 0.25) is 0 Å². The second kappa shape index (κ2) is 8.64. The molecule has 134 valence electrons. The third-order valence-electron chi connectivity index (χ3n) is 4.14. The maximum atomic E-state index is 5.37. The molecule has 1 fully saturated rings. The minimum atomic E-state index is 0.778. The van der Waals surface area contributed by atoms with Gasteiger partial charge in [-0.1, -0.05) is 6.07 Å². The summed E-state index contributed by atoms with van der Waals surface area (Å²) in [7, 11) is 4.06. The monoisotopic (exact) mass is 342 g/mol. The highest BCUT2D eigenvalue weighted by Crippen LogP contribution is 2.21. The third-order valence-corrected chi connectivity index (χ3v) is 4.14. The molecular weight excluding hydrogens is 316 g/mol. The predicted octanol–water partition coefficient (Wildman–Crippen LogP) is 2.03. The fourth-order valence-electron chi connectivity index (χ4n) is 2.70. The fourth-order valence-corrected chi connectivity index (χ4v) is 2.70. The molecular formula is C18H26N6O. The first kappa shape index (κ1) is 17.4. The Morgan fingerprint density at radius 2 is 1.92 bits per heavy atom. The van der Waals surface area contributed by atoms with E-state index in [9.17, 15) is 0 Å². The SMILES string of the molecule is CN(C)c1cccc(Nc2cc(NCCN3CCOCC3)ncn2)c1. The van der Waals surface area contributed by atoms with E-state index in [2.05, 4.69) is 42.5 Å². The Balaban J connectivity index is 1.55. The van der Waals surface area contributed by atoms with E-state index in [1.807, 2.05) is 32.3 Å². The van der Waals surface area contributed by atoms with Gasteiger partial charge in [-0.25, -0.2) is 9.97 Å². The standard InChI is InChI=1S/C18H26N6O/c1-23(2)16-5-3-4-15(12-16)22-18-13-17(20-14-21-18)19-6-7-24-8-10-25-11-9-24/h3-5,12-14H,6-11H2,1-2H3,(H2,19,20,21,22). The Labute approximate surface area is 149 Å². The molecule has 1 aliphatic rings. The first-order valence-corrected chi connectivity index (χ1v) is 8.61. The molecule has 25 heavy (non-hydrogen) atoms. The van der Waals surface area contributed by atoms with Gasteiger partial charge in [0.2, 0.25) is 0 Å². The second-order valence-electron chi connectivity index (χ2n) is 6.24. The lowest BCUT2D eigenvalue weighted by molar-refractivity contribution is 0.0398. The summed E-state index contributed by atoms with van der Waals surface area (Å²) in [5.74, 6) is 1.61. The van der Waals surface area contributed by atoms with Gasteiger partial charge in [-0.2, -0.15) is 0 Å². The largest absolute Gasteiger partial charge is 0.379 e. The Bertz CT molecular complexity index is 672. The molecule has 0 bridgehead atoms. The molecule has 0 amide bonds. The summed E-state index contributed by atoms with van der Waals surface area (Å²) in [6.45, 7) is 5.50. The molecule has 0 unspecified atom stereocenters. The van der Waals surface area contributed by atoms with Crippen LogP contribution in [0.4, 0.5) is 23.0 Å². The van der Waals surface area contributed by atoms with Gasteiger partial charge >= 0.3 is 0 Å². The average molecular weight is 342 g/mol. The normalized spacial score (nSPS) is 15.0. The van der Waals surface area contributed by atoms with Gasteiger partial charge in [0.25, 0.3) is 0 Å². The van der Waals surface area contributed by atoms with E-state index in [4.69, 9.17) is 4.74 Å². The number of hydrogen-bond donors (Lipinski definition) is 2. The number of morpholine rings is 1. The summed E-state index contributed by atoms with van der Waals surface area (Å²) in [5, 5.41) is 6.70. The minimum absolute atomic E-state index is 0.778. The van der Waals surface area contributed by atoms with Crippen LogP contribution >= 0.6 is 0 Å². The summed E-state index contributed by atoms with van der Waals surface area (Å²) in [4.78, 5) is 13.1. The molecule has 7 heteroatoms. The molecule has 0 radical (unpaired) electrons. The lowest BCUT2D eigenvalue weighted by Crippen LogP contribution is -2.39. The summed E-state index contributed by atoms with van der Waals surface area (Å²) >= 11 is 0. The Hall–Kier alpha value is -2.38. The van der Waals surface area contributed by atoms with Gasteiger partial charge in [0.05, 0.1) is 13.2 Å².